The second kappa shape index (κ2) is 11.8. The summed E-state index contributed by atoms with van der Waals surface area (Å²) < 4.78 is 5.08. The maximum Gasteiger partial charge on any atom is 0.243 e. The molecule has 1 fully saturated rings. The first-order valence-electron chi connectivity index (χ1n) is 8.36. The molecule has 1 saturated heterocycles. The van der Waals surface area contributed by atoms with Crippen molar-refractivity contribution in [1.82, 2.24) is 25.1 Å². The molecule has 0 aliphatic carbocycles. The third-order valence-corrected chi connectivity index (χ3v) is 3.87. The second-order valence-electron chi connectivity index (χ2n) is 5.87. The Morgan fingerprint density at radius 3 is 2.50 bits per heavy atom. The summed E-state index contributed by atoms with van der Waals surface area (Å²) in [6.07, 6.45) is 3.50. The Kier molecular flexibility index (Phi) is 10.2. The summed E-state index contributed by atoms with van der Waals surface area (Å²) in [5, 5.41) is 3.27. The Balaban J connectivity index is 0.00000338. The first-order chi connectivity index (χ1) is 12.1. The molecule has 0 bridgehead atoms. The first-order valence-corrected chi connectivity index (χ1v) is 8.36. The number of carbonyl (C=O) groups is 1. The number of nitrogens with zero attached hydrogens (tertiary/aromatic N) is 6. The van der Waals surface area contributed by atoms with Gasteiger partial charge >= 0.3 is 0 Å². The summed E-state index contributed by atoms with van der Waals surface area (Å²) in [5.74, 6) is 1.46. The van der Waals surface area contributed by atoms with Crippen LogP contribution < -0.4 is 10.2 Å². The fourth-order valence-electron chi connectivity index (χ4n) is 2.39. The third kappa shape index (κ3) is 6.90. The van der Waals surface area contributed by atoms with E-state index in [4.69, 9.17) is 4.74 Å². The van der Waals surface area contributed by atoms with E-state index in [2.05, 4.69) is 30.1 Å². The number of halogens is 1. The van der Waals surface area contributed by atoms with Crippen LogP contribution in [-0.2, 0) is 9.53 Å². The quantitative estimate of drug-likeness (QED) is 0.265. The van der Waals surface area contributed by atoms with Crippen LogP contribution in [0.1, 0.15) is 0 Å². The average Bonchev–Trinajstić information content (AvgIpc) is 2.65. The molecule has 1 aromatic heterocycles. The number of piperazine rings is 1. The van der Waals surface area contributed by atoms with Crippen molar-refractivity contribution in [3.05, 3.63) is 18.5 Å². The maximum absolute atomic E-state index is 11.8. The second-order valence-corrected chi connectivity index (χ2v) is 5.87. The van der Waals surface area contributed by atoms with E-state index < -0.39 is 0 Å². The predicted molar refractivity (Wildman–Crippen MR) is 112 cm³/mol. The Bertz CT molecular complexity index is 563. The fourth-order valence-corrected chi connectivity index (χ4v) is 2.39. The number of anilines is 1. The van der Waals surface area contributed by atoms with E-state index in [-0.39, 0.29) is 36.4 Å². The minimum absolute atomic E-state index is 0. The number of hydrogen-bond donors (Lipinski definition) is 1. The molecule has 146 valence electrons. The Morgan fingerprint density at radius 1 is 1.27 bits per heavy atom. The standard InChI is InChI=1S/C16H27N7O2.HI/c1-21(2)14(24)13-20-16(19-7-12-25-3)23-10-8-22(9-11-23)15-17-5-4-6-18-15;/h4-6H,7-13H2,1-3H3,(H,19,20);1H. The van der Waals surface area contributed by atoms with Gasteiger partial charge < -0.3 is 24.8 Å². The predicted octanol–water partition coefficient (Wildman–Crippen LogP) is -0.103. The van der Waals surface area contributed by atoms with Crippen LogP contribution in [0.5, 0.6) is 0 Å². The molecule has 1 aliphatic rings. The molecule has 0 spiro atoms. The molecule has 9 nitrogen and oxygen atoms in total. The van der Waals surface area contributed by atoms with Gasteiger partial charge in [0, 0.05) is 66.3 Å². The van der Waals surface area contributed by atoms with Crippen LogP contribution in [0, 0.1) is 0 Å². The van der Waals surface area contributed by atoms with Crippen LogP contribution in [0.3, 0.4) is 0 Å². The van der Waals surface area contributed by atoms with E-state index in [1.807, 2.05) is 6.07 Å². The lowest BCUT2D eigenvalue weighted by atomic mass is 10.3. The summed E-state index contributed by atoms with van der Waals surface area (Å²) in [7, 11) is 5.12. The average molecular weight is 477 g/mol. The fraction of sp³-hybridized carbons (Fsp3) is 0.625. The van der Waals surface area contributed by atoms with Crippen molar-refractivity contribution < 1.29 is 9.53 Å². The third-order valence-electron chi connectivity index (χ3n) is 3.87. The molecule has 0 aromatic carbocycles. The normalized spacial score (nSPS) is 14.7. The Hall–Kier alpha value is -1.69. The number of hydrogen-bond acceptors (Lipinski definition) is 6. The van der Waals surface area contributed by atoms with Crippen LogP contribution in [0.25, 0.3) is 0 Å². The van der Waals surface area contributed by atoms with Crippen LogP contribution >= 0.6 is 24.0 Å². The number of ether oxygens (including phenoxy) is 1. The van der Waals surface area contributed by atoms with Crippen molar-refractivity contribution >= 4 is 41.8 Å². The van der Waals surface area contributed by atoms with Crippen LogP contribution in [0.15, 0.2) is 23.5 Å². The number of likely N-dealkylation sites (N-methyl/N-ethyl adjacent to an activating group) is 1. The van der Waals surface area contributed by atoms with Gasteiger partial charge in [-0.05, 0) is 6.07 Å². The van der Waals surface area contributed by atoms with Crippen molar-refractivity contribution in [3.8, 4) is 0 Å². The highest BCUT2D eigenvalue weighted by atomic mass is 127. The van der Waals surface area contributed by atoms with Crippen LogP contribution in [0.4, 0.5) is 5.95 Å². The van der Waals surface area contributed by atoms with Gasteiger partial charge in [0.25, 0.3) is 0 Å². The SMILES string of the molecule is COCCNC(=NCC(=O)N(C)C)N1CCN(c2ncccn2)CC1.I. The molecule has 2 rings (SSSR count). The molecule has 1 aliphatic heterocycles. The summed E-state index contributed by atoms with van der Waals surface area (Å²) in [6.45, 7) is 4.53. The van der Waals surface area contributed by atoms with Crippen molar-refractivity contribution in [2.45, 2.75) is 0 Å². The molecular weight excluding hydrogens is 449 g/mol. The monoisotopic (exact) mass is 477 g/mol. The van der Waals surface area contributed by atoms with E-state index in [0.717, 1.165) is 38.1 Å². The van der Waals surface area contributed by atoms with Gasteiger partial charge in [0.2, 0.25) is 11.9 Å². The highest BCUT2D eigenvalue weighted by molar-refractivity contribution is 14.0. The summed E-state index contributed by atoms with van der Waals surface area (Å²) in [4.78, 5) is 30.7. The molecule has 1 amide bonds. The molecule has 1 aromatic rings. The molecule has 10 heteroatoms. The number of aromatic nitrogens is 2. The number of guanidine groups is 1. The van der Waals surface area contributed by atoms with Gasteiger partial charge in [-0.1, -0.05) is 0 Å². The minimum atomic E-state index is -0.0256. The lowest BCUT2D eigenvalue weighted by molar-refractivity contribution is -0.127. The zero-order chi connectivity index (χ0) is 18.1. The van der Waals surface area contributed by atoms with Gasteiger partial charge in [0.05, 0.1) is 6.61 Å². The molecule has 0 unspecified atom stereocenters. The Morgan fingerprint density at radius 2 is 1.92 bits per heavy atom. The maximum atomic E-state index is 11.8. The van der Waals surface area contributed by atoms with Crippen molar-refractivity contribution in [1.29, 1.82) is 0 Å². The summed E-state index contributed by atoms with van der Waals surface area (Å²) >= 11 is 0. The largest absolute Gasteiger partial charge is 0.383 e. The Labute approximate surface area is 171 Å². The molecule has 2 heterocycles. The topological polar surface area (TPSA) is 86.2 Å². The highest BCUT2D eigenvalue weighted by Crippen LogP contribution is 2.09. The number of aliphatic imine (C=N–C) groups is 1. The van der Waals surface area contributed by atoms with Gasteiger partial charge in [-0.15, -0.1) is 24.0 Å². The van der Waals surface area contributed by atoms with Crippen molar-refractivity contribution in [2.75, 3.05) is 72.0 Å². The molecule has 26 heavy (non-hydrogen) atoms. The smallest absolute Gasteiger partial charge is 0.243 e. The molecule has 0 saturated carbocycles. The number of carbonyl (C=O) groups excluding carboxylic acids is 1. The molecule has 0 radical (unpaired) electrons. The van der Waals surface area contributed by atoms with E-state index in [1.54, 1.807) is 38.5 Å². The highest BCUT2D eigenvalue weighted by Gasteiger charge is 2.21. The van der Waals surface area contributed by atoms with Crippen LogP contribution in [-0.4, -0.2) is 98.7 Å². The van der Waals surface area contributed by atoms with Gasteiger partial charge in [-0.25, -0.2) is 15.0 Å². The number of methoxy groups -OCH3 is 1. The minimum Gasteiger partial charge on any atom is -0.383 e. The lowest BCUT2D eigenvalue weighted by Gasteiger charge is -2.36. The van der Waals surface area contributed by atoms with Gasteiger partial charge in [-0.3, -0.25) is 4.79 Å². The molecular formula is C16H28IN7O2. The molecule has 1 N–H and O–H groups in total. The van der Waals surface area contributed by atoms with E-state index in [9.17, 15) is 4.79 Å². The summed E-state index contributed by atoms with van der Waals surface area (Å²) in [6, 6.07) is 1.81. The number of amides is 1. The van der Waals surface area contributed by atoms with Crippen molar-refractivity contribution in [3.63, 3.8) is 0 Å². The zero-order valence-electron chi connectivity index (χ0n) is 15.6. The first kappa shape index (κ1) is 22.4. The van der Waals surface area contributed by atoms with Gasteiger partial charge in [0.15, 0.2) is 5.96 Å². The van der Waals surface area contributed by atoms with E-state index in [0.29, 0.717) is 13.2 Å². The zero-order valence-corrected chi connectivity index (χ0v) is 17.9. The van der Waals surface area contributed by atoms with Crippen molar-refractivity contribution in [2.24, 2.45) is 4.99 Å². The number of nitrogens with one attached hydrogen (secondary N) is 1. The van der Waals surface area contributed by atoms with Gasteiger partial charge in [-0.2, -0.15) is 0 Å². The van der Waals surface area contributed by atoms with Crippen LogP contribution in [0.2, 0.25) is 0 Å². The number of rotatable bonds is 6. The van der Waals surface area contributed by atoms with Gasteiger partial charge in [0.1, 0.15) is 6.54 Å². The van der Waals surface area contributed by atoms with E-state index >= 15 is 0 Å². The summed E-state index contributed by atoms with van der Waals surface area (Å²) in [5.41, 5.74) is 0. The molecule has 0 atom stereocenters. The van der Waals surface area contributed by atoms with E-state index in [1.165, 1.54) is 0 Å². The lowest BCUT2D eigenvalue weighted by Crippen LogP contribution is -2.53.